The molecule has 0 aromatic carbocycles. The minimum Gasteiger partial charge on any atom is -0.458 e. The van der Waals surface area contributed by atoms with E-state index in [1.54, 1.807) is 0 Å². The minimum absolute atomic E-state index is 0.0355. The summed E-state index contributed by atoms with van der Waals surface area (Å²) in [6.45, 7) is 2.26. The Kier molecular flexibility index (Phi) is 1.78. The Morgan fingerprint density at radius 3 is 3.15 bits per heavy atom. The summed E-state index contributed by atoms with van der Waals surface area (Å²) in [6.07, 6.45) is 1.94. The van der Waals surface area contributed by atoms with Gasteiger partial charge in [-0.15, -0.1) is 0 Å². The summed E-state index contributed by atoms with van der Waals surface area (Å²) in [6, 6.07) is 0. The summed E-state index contributed by atoms with van der Waals surface area (Å²) < 4.78 is 10.1. The summed E-state index contributed by atoms with van der Waals surface area (Å²) in [5, 5.41) is 0. The molecule has 1 saturated carbocycles. The molecule has 2 bridgehead atoms. The Morgan fingerprint density at radius 1 is 1.69 bits per heavy atom. The Labute approximate surface area is 76.2 Å². The standard InChI is InChI=1S/C9H12O4/c1-9(12-5-10)3-2-6-4-7(9)13-8(6)11/h5-7H,2-4H2,1H3. The summed E-state index contributed by atoms with van der Waals surface area (Å²) in [5.74, 6) is -0.100. The number of hydrogen-bond donors (Lipinski definition) is 0. The van der Waals surface area contributed by atoms with Gasteiger partial charge in [0.1, 0.15) is 11.7 Å². The van der Waals surface area contributed by atoms with E-state index in [-0.39, 0.29) is 18.0 Å². The van der Waals surface area contributed by atoms with E-state index < -0.39 is 5.60 Å². The second-order valence-electron chi connectivity index (χ2n) is 3.92. The molecule has 0 amide bonds. The van der Waals surface area contributed by atoms with Crippen molar-refractivity contribution in [1.29, 1.82) is 0 Å². The summed E-state index contributed by atoms with van der Waals surface area (Å²) in [7, 11) is 0. The molecule has 4 heteroatoms. The number of rotatable bonds is 2. The Hall–Kier alpha value is -1.06. The van der Waals surface area contributed by atoms with Gasteiger partial charge in [-0.1, -0.05) is 0 Å². The fraction of sp³-hybridized carbons (Fsp3) is 0.778. The van der Waals surface area contributed by atoms with E-state index in [1.165, 1.54) is 0 Å². The maximum absolute atomic E-state index is 11.2. The highest BCUT2D eigenvalue weighted by Gasteiger charge is 2.51. The molecule has 1 aliphatic carbocycles. The average Bonchev–Trinajstić information content (AvgIpc) is 2.40. The molecule has 0 radical (unpaired) electrons. The number of ether oxygens (including phenoxy) is 2. The van der Waals surface area contributed by atoms with Crippen molar-refractivity contribution in [2.75, 3.05) is 0 Å². The van der Waals surface area contributed by atoms with Gasteiger partial charge in [-0.05, 0) is 19.8 Å². The summed E-state index contributed by atoms with van der Waals surface area (Å²) >= 11 is 0. The normalized spacial score (nSPS) is 42.7. The van der Waals surface area contributed by atoms with Crippen LogP contribution in [0.4, 0.5) is 0 Å². The van der Waals surface area contributed by atoms with E-state index in [1.807, 2.05) is 6.92 Å². The van der Waals surface area contributed by atoms with Crippen molar-refractivity contribution in [1.82, 2.24) is 0 Å². The lowest BCUT2D eigenvalue weighted by Crippen LogP contribution is -2.43. The fourth-order valence-corrected chi connectivity index (χ4v) is 2.12. The highest BCUT2D eigenvalue weighted by molar-refractivity contribution is 5.75. The molecular formula is C9H12O4. The Bertz CT molecular complexity index is 250. The van der Waals surface area contributed by atoms with Gasteiger partial charge in [-0.3, -0.25) is 9.59 Å². The number of fused-ring (bicyclic) bond motifs is 2. The lowest BCUT2D eigenvalue weighted by molar-refractivity contribution is -0.165. The van der Waals surface area contributed by atoms with Gasteiger partial charge >= 0.3 is 5.97 Å². The number of hydrogen-bond acceptors (Lipinski definition) is 4. The van der Waals surface area contributed by atoms with Crippen LogP contribution in [0, 0.1) is 5.92 Å². The van der Waals surface area contributed by atoms with Crippen LogP contribution in [0.25, 0.3) is 0 Å². The second-order valence-corrected chi connectivity index (χ2v) is 3.92. The fourth-order valence-electron chi connectivity index (χ4n) is 2.12. The van der Waals surface area contributed by atoms with E-state index in [2.05, 4.69) is 0 Å². The monoisotopic (exact) mass is 184 g/mol. The molecule has 2 fully saturated rings. The van der Waals surface area contributed by atoms with Crippen LogP contribution in [0.2, 0.25) is 0 Å². The van der Waals surface area contributed by atoms with Crippen LogP contribution in [0.15, 0.2) is 0 Å². The predicted octanol–water partition coefficient (Wildman–Crippen LogP) is 0.644. The highest BCUT2D eigenvalue weighted by Crippen LogP contribution is 2.41. The van der Waals surface area contributed by atoms with Gasteiger partial charge in [0.2, 0.25) is 0 Å². The molecule has 0 N–H and O–H groups in total. The SMILES string of the molecule is CC1(OC=O)CCC2CC1OC2=O. The van der Waals surface area contributed by atoms with Crippen molar-refractivity contribution in [2.24, 2.45) is 5.92 Å². The maximum atomic E-state index is 11.2. The molecule has 72 valence electrons. The first-order valence-corrected chi connectivity index (χ1v) is 4.48. The van der Waals surface area contributed by atoms with E-state index in [0.29, 0.717) is 19.3 Å². The van der Waals surface area contributed by atoms with Crippen molar-refractivity contribution >= 4 is 12.4 Å². The number of esters is 1. The molecule has 3 unspecified atom stereocenters. The van der Waals surface area contributed by atoms with Crippen molar-refractivity contribution in [3.05, 3.63) is 0 Å². The first-order valence-electron chi connectivity index (χ1n) is 4.48. The maximum Gasteiger partial charge on any atom is 0.309 e. The number of carbonyl (C=O) groups is 2. The molecular weight excluding hydrogens is 172 g/mol. The van der Waals surface area contributed by atoms with Gasteiger partial charge in [0.25, 0.3) is 6.47 Å². The summed E-state index contributed by atoms with van der Waals surface area (Å²) in [4.78, 5) is 21.5. The van der Waals surface area contributed by atoms with Gasteiger partial charge in [-0.2, -0.15) is 0 Å². The van der Waals surface area contributed by atoms with Gasteiger partial charge in [-0.25, -0.2) is 0 Å². The molecule has 0 aromatic heterocycles. The van der Waals surface area contributed by atoms with Crippen LogP contribution in [0.1, 0.15) is 26.2 Å². The third-order valence-corrected chi connectivity index (χ3v) is 3.08. The van der Waals surface area contributed by atoms with Crippen LogP contribution < -0.4 is 0 Å². The minimum atomic E-state index is -0.593. The Balaban J connectivity index is 2.16. The van der Waals surface area contributed by atoms with E-state index in [0.717, 1.165) is 6.42 Å². The highest BCUT2D eigenvalue weighted by atomic mass is 16.6. The van der Waals surface area contributed by atoms with E-state index in [9.17, 15) is 9.59 Å². The predicted molar refractivity (Wildman–Crippen MR) is 42.8 cm³/mol. The van der Waals surface area contributed by atoms with E-state index >= 15 is 0 Å². The molecule has 1 heterocycles. The second kappa shape index (κ2) is 2.72. The first kappa shape index (κ1) is 8.53. The van der Waals surface area contributed by atoms with Crippen LogP contribution >= 0.6 is 0 Å². The molecule has 3 atom stereocenters. The molecule has 4 nitrogen and oxygen atoms in total. The zero-order valence-corrected chi connectivity index (χ0v) is 7.49. The van der Waals surface area contributed by atoms with Crippen LogP contribution in [-0.2, 0) is 19.1 Å². The Morgan fingerprint density at radius 2 is 2.46 bits per heavy atom. The third kappa shape index (κ3) is 1.20. The van der Waals surface area contributed by atoms with Crippen molar-refractivity contribution in [2.45, 2.75) is 37.9 Å². The van der Waals surface area contributed by atoms with E-state index in [4.69, 9.17) is 9.47 Å². The van der Waals surface area contributed by atoms with Crippen LogP contribution in [-0.4, -0.2) is 24.1 Å². The van der Waals surface area contributed by atoms with Crippen LogP contribution in [0.5, 0.6) is 0 Å². The molecule has 13 heavy (non-hydrogen) atoms. The zero-order chi connectivity index (χ0) is 9.47. The largest absolute Gasteiger partial charge is 0.458 e. The van der Waals surface area contributed by atoms with Gasteiger partial charge in [0.15, 0.2) is 0 Å². The number of carbonyl (C=O) groups excluding carboxylic acids is 2. The molecule has 0 spiro atoms. The topological polar surface area (TPSA) is 52.6 Å². The first-order chi connectivity index (χ1) is 6.15. The van der Waals surface area contributed by atoms with Gasteiger partial charge < -0.3 is 9.47 Å². The zero-order valence-electron chi connectivity index (χ0n) is 7.49. The lowest BCUT2D eigenvalue weighted by Gasteiger charge is -2.34. The van der Waals surface area contributed by atoms with Gasteiger partial charge in [0.05, 0.1) is 5.92 Å². The van der Waals surface area contributed by atoms with Gasteiger partial charge in [0, 0.05) is 6.42 Å². The third-order valence-electron chi connectivity index (χ3n) is 3.08. The molecule has 2 aliphatic rings. The lowest BCUT2D eigenvalue weighted by atomic mass is 9.80. The molecule has 1 saturated heterocycles. The molecule has 1 aliphatic heterocycles. The van der Waals surface area contributed by atoms with Crippen LogP contribution in [0.3, 0.4) is 0 Å². The molecule has 0 aromatic rings. The van der Waals surface area contributed by atoms with Crippen molar-refractivity contribution < 1.29 is 19.1 Å². The smallest absolute Gasteiger partial charge is 0.309 e. The van der Waals surface area contributed by atoms with Crippen molar-refractivity contribution in [3.63, 3.8) is 0 Å². The molecule has 2 rings (SSSR count). The quantitative estimate of drug-likeness (QED) is 0.467. The average molecular weight is 184 g/mol. The summed E-state index contributed by atoms with van der Waals surface area (Å²) in [5.41, 5.74) is -0.593. The van der Waals surface area contributed by atoms with Crippen molar-refractivity contribution in [3.8, 4) is 0 Å².